The lowest BCUT2D eigenvalue weighted by molar-refractivity contribution is 0.00455. The highest BCUT2D eigenvalue weighted by Crippen LogP contribution is 2.27. The van der Waals surface area contributed by atoms with E-state index in [0.29, 0.717) is 19.1 Å². The van der Waals surface area contributed by atoms with Gasteiger partial charge in [-0.3, -0.25) is 4.90 Å². The molecule has 1 aliphatic rings. The van der Waals surface area contributed by atoms with Crippen LogP contribution in [0.1, 0.15) is 30.9 Å². The van der Waals surface area contributed by atoms with Crippen LogP contribution in [-0.4, -0.2) is 55.6 Å². The molecule has 1 N–H and O–H groups in total. The van der Waals surface area contributed by atoms with Gasteiger partial charge in [0.05, 0.1) is 13.2 Å². The van der Waals surface area contributed by atoms with E-state index in [2.05, 4.69) is 43.9 Å². The number of hydrogen-bond donors (Lipinski definition) is 1. The van der Waals surface area contributed by atoms with Crippen LogP contribution >= 0.6 is 0 Å². The lowest BCUT2D eigenvalue weighted by Crippen LogP contribution is -2.42. The number of ether oxygens (including phenoxy) is 2. The molecular formula is C17H27NO3. The number of β-amino-alcohol motifs (C(OH)–C–C–N with tert-alkyl or cyclic N) is 1. The van der Waals surface area contributed by atoms with Crippen LogP contribution in [0.15, 0.2) is 18.2 Å². The number of hydrogen-bond acceptors (Lipinski definition) is 4. The van der Waals surface area contributed by atoms with Crippen molar-refractivity contribution in [2.24, 2.45) is 0 Å². The van der Waals surface area contributed by atoms with Gasteiger partial charge >= 0.3 is 0 Å². The molecule has 4 heteroatoms. The first-order valence-electron chi connectivity index (χ1n) is 7.77. The highest BCUT2D eigenvalue weighted by atomic mass is 16.5. The molecule has 2 rings (SSSR count). The molecule has 1 saturated heterocycles. The SMILES string of the molecule is Cc1ccc(C(C)C)c(OC[C@@H](O)CN2CCOCC2)c1. The Morgan fingerprint density at radius 2 is 2.00 bits per heavy atom. The number of aryl methyl sites for hydroxylation is 1. The Morgan fingerprint density at radius 3 is 2.67 bits per heavy atom. The van der Waals surface area contributed by atoms with Gasteiger partial charge in [0.15, 0.2) is 0 Å². The average Bonchev–Trinajstić information content (AvgIpc) is 2.46. The lowest BCUT2D eigenvalue weighted by atomic mass is 10.0. The standard InChI is InChI=1S/C17H27NO3/c1-13(2)16-5-4-14(3)10-17(16)21-12-15(19)11-18-6-8-20-9-7-18/h4-5,10,13,15,19H,6-9,11-12H2,1-3H3/t15-/m0/s1. The molecule has 1 aliphatic heterocycles. The van der Waals surface area contributed by atoms with E-state index in [1.54, 1.807) is 0 Å². The Morgan fingerprint density at radius 1 is 1.29 bits per heavy atom. The molecule has 0 spiro atoms. The number of benzene rings is 1. The summed E-state index contributed by atoms with van der Waals surface area (Å²) in [6, 6.07) is 6.27. The minimum atomic E-state index is -0.469. The maximum atomic E-state index is 10.2. The van der Waals surface area contributed by atoms with Crippen LogP contribution in [-0.2, 0) is 4.74 Å². The lowest BCUT2D eigenvalue weighted by Gasteiger charge is -2.28. The maximum absolute atomic E-state index is 10.2. The van der Waals surface area contributed by atoms with Gasteiger partial charge in [0, 0.05) is 19.6 Å². The van der Waals surface area contributed by atoms with E-state index >= 15 is 0 Å². The van der Waals surface area contributed by atoms with E-state index in [1.807, 2.05) is 0 Å². The van der Waals surface area contributed by atoms with Crippen molar-refractivity contribution in [3.8, 4) is 5.75 Å². The quantitative estimate of drug-likeness (QED) is 0.873. The Kier molecular flexibility index (Phi) is 6.03. The van der Waals surface area contributed by atoms with Gasteiger partial charge < -0.3 is 14.6 Å². The van der Waals surface area contributed by atoms with Crippen LogP contribution in [0, 0.1) is 6.92 Å². The van der Waals surface area contributed by atoms with Crippen molar-refractivity contribution in [1.29, 1.82) is 0 Å². The fourth-order valence-corrected chi connectivity index (χ4v) is 2.56. The molecule has 4 nitrogen and oxygen atoms in total. The first kappa shape index (κ1) is 16.3. The molecule has 1 aromatic rings. The second-order valence-corrected chi connectivity index (χ2v) is 6.07. The molecule has 1 atom stereocenters. The van der Waals surface area contributed by atoms with Gasteiger partial charge in [0.2, 0.25) is 0 Å². The second-order valence-electron chi connectivity index (χ2n) is 6.07. The summed E-state index contributed by atoms with van der Waals surface area (Å²) in [6.45, 7) is 10.6. The number of rotatable bonds is 6. The molecule has 0 unspecified atom stereocenters. The van der Waals surface area contributed by atoms with Crippen LogP contribution < -0.4 is 4.74 Å². The first-order valence-corrected chi connectivity index (χ1v) is 7.77. The fourth-order valence-electron chi connectivity index (χ4n) is 2.56. The molecule has 0 bridgehead atoms. The van der Waals surface area contributed by atoms with Crippen molar-refractivity contribution in [3.05, 3.63) is 29.3 Å². The van der Waals surface area contributed by atoms with Gasteiger partial charge in [0.1, 0.15) is 18.5 Å². The zero-order valence-electron chi connectivity index (χ0n) is 13.3. The molecule has 0 radical (unpaired) electrons. The summed E-state index contributed by atoms with van der Waals surface area (Å²) in [7, 11) is 0. The molecule has 0 amide bonds. The third-order valence-electron chi connectivity index (χ3n) is 3.79. The van der Waals surface area contributed by atoms with Crippen molar-refractivity contribution in [3.63, 3.8) is 0 Å². The van der Waals surface area contributed by atoms with E-state index in [4.69, 9.17) is 9.47 Å². The maximum Gasteiger partial charge on any atom is 0.123 e. The summed E-state index contributed by atoms with van der Waals surface area (Å²) in [5, 5.41) is 10.2. The van der Waals surface area contributed by atoms with Crippen LogP contribution in [0.5, 0.6) is 5.75 Å². The minimum absolute atomic E-state index is 0.334. The highest BCUT2D eigenvalue weighted by molar-refractivity contribution is 5.39. The van der Waals surface area contributed by atoms with Crippen molar-refractivity contribution in [2.75, 3.05) is 39.5 Å². The van der Waals surface area contributed by atoms with Crippen LogP contribution in [0.2, 0.25) is 0 Å². The monoisotopic (exact) mass is 293 g/mol. The molecule has 1 fully saturated rings. The zero-order valence-corrected chi connectivity index (χ0v) is 13.3. The van der Waals surface area contributed by atoms with E-state index in [-0.39, 0.29) is 0 Å². The van der Waals surface area contributed by atoms with Gasteiger partial charge in [-0.15, -0.1) is 0 Å². The molecule has 1 aromatic carbocycles. The molecule has 0 aliphatic carbocycles. The molecule has 118 valence electrons. The van der Waals surface area contributed by atoms with E-state index in [9.17, 15) is 5.11 Å². The highest BCUT2D eigenvalue weighted by Gasteiger charge is 2.16. The first-order chi connectivity index (χ1) is 10.1. The van der Waals surface area contributed by atoms with Crippen LogP contribution in [0.3, 0.4) is 0 Å². The summed E-state index contributed by atoms with van der Waals surface area (Å²) in [5.41, 5.74) is 2.37. The van der Waals surface area contributed by atoms with Gasteiger partial charge in [-0.2, -0.15) is 0 Å². The largest absolute Gasteiger partial charge is 0.491 e. The normalized spacial score (nSPS) is 18.0. The molecule has 0 saturated carbocycles. The van der Waals surface area contributed by atoms with E-state index < -0.39 is 6.10 Å². The average molecular weight is 293 g/mol. The Labute approximate surface area is 127 Å². The number of aliphatic hydroxyl groups excluding tert-OH is 1. The minimum Gasteiger partial charge on any atom is -0.491 e. The predicted molar refractivity (Wildman–Crippen MR) is 84.0 cm³/mol. The Balaban J connectivity index is 1.88. The fraction of sp³-hybridized carbons (Fsp3) is 0.647. The van der Waals surface area contributed by atoms with Gasteiger partial charge in [-0.05, 0) is 30.0 Å². The summed E-state index contributed by atoms with van der Waals surface area (Å²) in [5.74, 6) is 1.31. The molecule has 1 heterocycles. The van der Waals surface area contributed by atoms with Crippen molar-refractivity contribution in [1.82, 2.24) is 4.90 Å². The molecule has 21 heavy (non-hydrogen) atoms. The van der Waals surface area contributed by atoms with Gasteiger partial charge in [-0.25, -0.2) is 0 Å². The Bertz CT molecular complexity index is 442. The van der Waals surface area contributed by atoms with Gasteiger partial charge in [0.25, 0.3) is 0 Å². The van der Waals surface area contributed by atoms with Crippen LogP contribution in [0.25, 0.3) is 0 Å². The third-order valence-corrected chi connectivity index (χ3v) is 3.79. The summed E-state index contributed by atoms with van der Waals surface area (Å²) in [4.78, 5) is 2.22. The van der Waals surface area contributed by atoms with Crippen molar-refractivity contribution >= 4 is 0 Å². The van der Waals surface area contributed by atoms with Gasteiger partial charge in [-0.1, -0.05) is 26.0 Å². The predicted octanol–water partition coefficient (Wildman–Crippen LogP) is 2.19. The second kappa shape index (κ2) is 7.78. The smallest absolute Gasteiger partial charge is 0.123 e. The Hall–Kier alpha value is -1.10. The van der Waals surface area contributed by atoms with E-state index in [1.165, 1.54) is 11.1 Å². The number of aliphatic hydroxyl groups is 1. The van der Waals surface area contributed by atoms with Crippen molar-refractivity contribution in [2.45, 2.75) is 32.8 Å². The molecule has 0 aromatic heterocycles. The van der Waals surface area contributed by atoms with Crippen LogP contribution in [0.4, 0.5) is 0 Å². The summed E-state index contributed by atoms with van der Waals surface area (Å²) >= 11 is 0. The summed E-state index contributed by atoms with van der Waals surface area (Å²) < 4.78 is 11.2. The topological polar surface area (TPSA) is 41.9 Å². The summed E-state index contributed by atoms with van der Waals surface area (Å²) in [6.07, 6.45) is -0.469. The van der Waals surface area contributed by atoms with E-state index in [0.717, 1.165) is 32.1 Å². The third kappa shape index (κ3) is 4.99. The molecular weight excluding hydrogens is 266 g/mol. The number of nitrogens with zero attached hydrogens (tertiary/aromatic N) is 1. The number of morpholine rings is 1. The zero-order chi connectivity index (χ0) is 15.2. The van der Waals surface area contributed by atoms with Crippen molar-refractivity contribution < 1.29 is 14.6 Å².